The molecule has 0 bridgehead atoms. The maximum atomic E-state index is 12.9. The van der Waals surface area contributed by atoms with Gasteiger partial charge in [-0.25, -0.2) is 4.39 Å². The number of halogens is 1. The van der Waals surface area contributed by atoms with Crippen LogP contribution in [0.15, 0.2) is 42.5 Å². The summed E-state index contributed by atoms with van der Waals surface area (Å²) in [6.45, 7) is 3.46. The third-order valence-corrected chi connectivity index (χ3v) is 3.86. The van der Waals surface area contributed by atoms with Crippen LogP contribution in [0.5, 0.6) is 5.75 Å². The quantitative estimate of drug-likeness (QED) is 0.942. The third kappa shape index (κ3) is 3.22. The Kier molecular flexibility index (Phi) is 4.46. The van der Waals surface area contributed by atoms with Crippen molar-refractivity contribution in [1.29, 1.82) is 0 Å². The number of carbonyl (C=O) groups excluding carboxylic acids is 2. The van der Waals surface area contributed by atoms with Crippen molar-refractivity contribution in [2.24, 2.45) is 0 Å². The molecule has 124 valence electrons. The summed E-state index contributed by atoms with van der Waals surface area (Å²) >= 11 is 0. The Morgan fingerprint density at radius 2 is 2.00 bits per heavy atom. The summed E-state index contributed by atoms with van der Waals surface area (Å²) in [4.78, 5) is 26.4. The van der Waals surface area contributed by atoms with Gasteiger partial charge in [0.25, 0.3) is 11.8 Å². The summed E-state index contributed by atoms with van der Waals surface area (Å²) in [5.74, 6) is -0.387. The van der Waals surface area contributed by atoms with Crippen molar-refractivity contribution >= 4 is 17.5 Å². The molecule has 0 saturated heterocycles. The molecule has 0 atom stereocenters. The average molecular weight is 328 g/mol. The number of amides is 2. The first-order valence-corrected chi connectivity index (χ1v) is 7.71. The van der Waals surface area contributed by atoms with Gasteiger partial charge in [-0.05, 0) is 49.4 Å². The summed E-state index contributed by atoms with van der Waals surface area (Å²) in [5, 5.41) is 2.71. The van der Waals surface area contributed by atoms with Crippen LogP contribution in [0.25, 0.3) is 0 Å². The van der Waals surface area contributed by atoms with Crippen molar-refractivity contribution in [2.75, 3.05) is 25.0 Å². The normalized spacial score (nSPS) is 13.8. The Labute approximate surface area is 139 Å². The van der Waals surface area contributed by atoms with Gasteiger partial charge in [0, 0.05) is 17.8 Å². The SMILES string of the molecule is CCN1CCOc2ccc(NC(=O)c3ccc(F)cc3)cc2C1=O. The number of hydrogen-bond donors (Lipinski definition) is 1. The highest BCUT2D eigenvalue weighted by Crippen LogP contribution is 2.26. The van der Waals surface area contributed by atoms with Gasteiger partial charge < -0.3 is 15.0 Å². The van der Waals surface area contributed by atoms with Crippen LogP contribution in [-0.4, -0.2) is 36.4 Å². The van der Waals surface area contributed by atoms with Gasteiger partial charge in [-0.1, -0.05) is 0 Å². The molecule has 1 heterocycles. The van der Waals surface area contributed by atoms with Crippen LogP contribution >= 0.6 is 0 Å². The number of anilines is 1. The Hall–Kier alpha value is -2.89. The number of nitrogens with one attached hydrogen (secondary N) is 1. The Morgan fingerprint density at radius 3 is 2.71 bits per heavy atom. The molecule has 6 heteroatoms. The maximum Gasteiger partial charge on any atom is 0.257 e. The van der Waals surface area contributed by atoms with Gasteiger partial charge in [-0.3, -0.25) is 9.59 Å². The molecule has 0 spiro atoms. The van der Waals surface area contributed by atoms with Crippen molar-refractivity contribution in [2.45, 2.75) is 6.92 Å². The molecule has 0 unspecified atom stereocenters. The highest BCUT2D eigenvalue weighted by Gasteiger charge is 2.23. The van der Waals surface area contributed by atoms with Gasteiger partial charge >= 0.3 is 0 Å². The summed E-state index contributed by atoms with van der Waals surface area (Å²) < 4.78 is 18.5. The fraction of sp³-hybridized carbons (Fsp3) is 0.222. The molecule has 0 aromatic heterocycles. The highest BCUT2D eigenvalue weighted by molar-refractivity contribution is 6.05. The van der Waals surface area contributed by atoms with E-state index in [0.717, 1.165) is 0 Å². The number of fused-ring (bicyclic) bond motifs is 1. The molecular weight excluding hydrogens is 311 g/mol. The molecule has 24 heavy (non-hydrogen) atoms. The largest absolute Gasteiger partial charge is 0.491 e. The van der Waals surface area contributed by atoms with Crippen molar-refractivity contribution in [3.63, 3.8) is 0 Å². The maximum absolute atomic E-state index is 12.9. The summed E-state index contributed by atoms with van der Waals surface area (Å²) in [6.07, 6.45) is 0. The Balaban J connectivity index is 1.84. The van der Waals surface area contributed by atoms with E-state index in [1.165, 1.54) is 24.3 Å². The second-order valence-electron chi connectivity index (χ2n) is 5.41. The number of carbonyl (C=O) groups is 2. The van der Waals surface area contributed by atoms with Gasteiger partial charge in [-0.15, -0.1) is 0 Å². The first-order valence-electron chi connectivity index (χ1n) is 7.71. The predicted molar refractivity (Wildman–Crippen MR) is 87.9 cm³/mol. The lowest BCUT2D eigenvalue weighted by molar-refractivity contribution is 0.0764. The van der Waals surface area contributed by atoms with Crippen LogP contribution in [0.3, 0.4) is 0 Å². The number of ether oxygens (including phenoxy) is 1. The van der Waals surface area contributed by atoms with Crippen LogP contribution in [-0.2, 0) is 0 Å². The van der Waals surface area contributed by atoms with E-state index in [0.29, 0.717) is 42.3 Å². The van der Waals surface area contributed by atoms with Gasteiger partial charge in [0.1, 0.15) is 18.2 Å². The standard InChI is InChI=1S/C18H17FN2O3/c1-2-21-9-10-24-16-8-7-14(11-15(16)18(21)23)20-17(22)12-3-5-13(19)6-4-12/h3-8,11H,2,9-10H2,1H3,(H,20,22). The van der Waals surface area contributed by atoms with Gasteiger partial charge in [0.2, 0.25) is 0 Å². The fourth-order valence-corrected chi connectivity index (χ4v) is 2.54. The van der Waals surface area contributed by atoms with E-state index < -0.39 is 5.82 Å². The van der Waals surface area contributed by atoms with E-state index in [1.54, 1.807) is 23.1 Å². The molecule has 0 radical (unpaired) electrons. The van der Waals surface area contributed by atoms with E-state index in [9.17, 15) is 14.0 Å². The molecule has 3 rings (SSSR count). The van der Waals surface area contributed by atoms with E-state index in [1.807, 2.05) is 6.92 Å². The predicted octanol–water partition coefficient (Wildman–Crippen LogP) is 2.93. The Morgan fingerprint density at radius 1 is 1.25 bits per heavy atom. The minimum atomic E-state index is -0.404. The number of benzene rings is 2. The first kappa shape index (κ1) is 16.0. The van der Waals surface area contributed by atoms with Crippen molar-refractivity contribution < 1.29 is 18.7 Å². The Bertz CT molecular complexity index is 774. The molecule has 2 aromatic carbocycles. The van der Waals surface area contributed by atoms with Crippen molar-refractivity contribution in [1.82, 2.24) is 4.90 Å². The van der Waals surface area contributed by atoms with Gasteiger partial charge in [0.05, 0.1) is 12.1 Å². The number of nitrogens with zero attached hydrogens (tertiary/aromatic N) is 1. The number of likely N-dealkylation sites (N-methyl/N-ethyl adjacent to an activating group) is 1. The third-order valence-electron chi connectivity index (χ3n) is 3.86. The smallest absolute Gasteiger partial charge is 0.257 e. The molecule has 2 aromatic rings. The minimum absolute atomic E-state index is 0.122. The molecule has 2 amide bonds. The summed E-state index contributed by atoms with van der Waals surface area (Å²) in [5.41, 5.74) is 1.24. The number of rotatable bonds is 3. The molecule has 0 saturated carbocycles. The van der Waals surface area contributed by atoms with Crippen molar-refractivity contribution in [3.05, 3.63) is 59.4 Å². The summed E-state index contributed by atoms with van der Waals surface area (Å²) in [7, 11) is 0. The monoisotopic (exact) mass is 328 g/mol. The van der Waals surface area contributed by atoms with Crippen molar-refractivity contribution in [3.8, 4) is 5.75 Å². The fourth-order valence-electron chi connectivity index (χ4n) is 2.54. The highest BCUT2D eigenvalue weighted by atomic mass is 19.1. The van der Waals surface area contributed by atoms with Crippen LogP contribution in [0.2, 0.25) is 0 Å². The lowest BCUT2D eigenvalue weighted by Crippen LogP contribution is -2.32. The van der Waals surface area contributed by atoms with E-state index in [2.05, 4.69) is 5.32 Å². The van der Waals surface area contributed by atoms with Crippen LogP contribution in [0.1, 0.15) is 27.6 Å². The molecule has 5 nitrogen and oxygen atoms in total. The zero-order valence-corrected chi connectivity index (χ0v) is 13.2. The molecule has 1 aliphatic rings. The average Bonchev–Trinajstić information content (AvgIpc) is 2.74. The topological polar surface area (TPSA) is 58.6 Å². The van der Waals surface area contributed by atoms with Gasteiger partial charge in [-0.2, -0.15) is 0 Å². The second kappa shape index (κ2) is 6.70. The van der Waals surface area contributed by atoms with E-state index >= 15 is 0 Å². The van der Waals surface area contributed by atoms with E-state index in [-0.39, 0.29) is 11.8 Å². The molecule has 1 aliphatic heterocycles. The summed E-state index contributed by atoms with van der Waals surface area (Å²) in [6, 6.07) is 10.2. The number of hydrogen-bond acceptors (Lipinski definition) is 3. The molecular formula is C18H17FN2O3. The molecule has 1 N–H and O–H groups in total. The molecule has 0 aliphatic carbocycles. The van der Waals surface area contributed by atoms with Gasteiger partial charge in [0.15, 0.2) is 0 Å². The molecule has 0 fully saturated rings. The van der Waals surface area contributed by atoms with Crippen LogP contribution in [0.4, 0.5) is 10.1 Å². The first-order chi connectivity index (χ1) is 11.6. The minimum Gasteiger partial charge on any atom is -0.491 e. The van der Waals surface area contributed by atoms with Crippen LogP contribution < -0.4 is 10.1 Å². The zero-order valence-electron chi connectivity index (χ0n) is 13.2. The second-order valence-corrected chi connectivity index (χ2v) is 5.41. The lowest BCUT2D eigenvalue weighted by Gasteiger charge is -2.17. The lowest BCUT2D eigenvalue weighted by atomic mass is 10.1. The van der Waals surface area contributed by atoms with Crippen LogP contribution in [0, 0.1) is 5.82 Å². The zero-order chi connectivity index (χ0) is 17.1. The van der Waals surface area contributed by atoms with E-state index in [4.69, 9.17) is 4.74 Å².